The molecule has 1 heterocycles. The Labute approximate surface area is 122 Å². The van der Waals surface area contributed by atoms with Crippen LogP contribution in [0.3, 0.4) is 0 Å². The Bertz CT molecular complexity index is 632. The fraction of sp³-hybridized carbons (Fsp3) is 0.286. The zero-order valence-corrected chi connectivity index (χ0v) is 11.9. The highest BCUT2D eigenvalue weighted by atomic mass is 35.5. The molecular formula is C14H14ClN3S. The van der Waals surface area contributed by atoms with Crippen molar-refractivity contribution in [3.05, 3.63) is 51.4 Å². The first-order chi connectivity index (χ1) is 9.20. The van der Waals surface area contributed by atoms with Gasteiger partial charge < -0.3 is 10.3 Å². The Morgan fingerprint density at radius 1 is 1.32 bits per heavy atom. The number of hydrogen-bond acceptors (Lipinski definition) is 3. The Morgan fingerprint density at radius 2 is 2.05 bits per heavy atom. The minimum atomic E-state index is 0.569. The second-order valence-corrected chi connectivity index (χ2v) is 5.63. The summed E-state index contributed by atoms with van der Waals surface area (Å²) in [5, 5.41) is 4.09. The Kier molecular flexibility index (Phi) is 3.53. The zero-order chi connectivity index (χ0) is 13.2. The molecule has 0 aliphatic heterocycles. The number of halogens is 1. The number of anilines is 1. The van der Waals surface area contributed by atoms with Crippen LogP contribution in [-0.2, 0) is 6.54 Å². The van der Waals surface area contributed by atoms with Gasteiger partial charge in [-0.1, -0.05) is 36.0 Å². The average Bonchev–Trinajstić information content (AvgIpc) is 3.22. The van der Waals surface area contributed by atoms with Crippen molar-refractivity contribution < 1.29 is 0 Å². The number of nitrogens with zero attached hydrogens (tertiary/aromatic N) is 1. The van der Waals surface area contributed by atoms with E-state index in [0.29, 0.717) is 10.6 Å². The summed E-state index contributed by atoms with van der Waals surface area (Å²) >= 11 is 11.1. The normalized spacial score (nSPS) is 14.4. The fourth-order valence-corrected chi connectivity index (χ4v) is 2.26. The van der Waals surface area contributed by atoms with E-state index >= 15 is 0 Å². The van der Waals surface area contributed by atoms with Crippen LogP contribution in [0.2, 0.25) is 5.02 Å². The van der Waals surface area contributed by atoms with Gasteiger partial charge in [0.2, 0.25) is 0 Å². The third-order valence-electron chi connectivity index (χ3n) is 3.12. The van der Waals surface area contributed by atoms with E-state index in [-0.39, 0.29) is 0 Å². The van der Waals surface area contributed by atoms with Gasteiger partial charge in [0.1, 0.15) is 16.3 Å². The summed E-state index contributed by atoms with van der Waals surface area (Å²) in [7, 11) is 0. The summed E-state index contributed by atoms with van der Waals surface area (Å²) in [6.45, 7) is 0.733. The molecule has 0 spiro atoms. The van der Waals surface area contributed by atoms with E-state index in [1.165, 1.54) is 18.4 Å². The van der Waals surface area contributed by atoms with Crippen LogP contribution in [0.4, 0.5) is 5.82 Å². The predicted molar refractivity (Wildman–Crippen MR) is 80.2 cm³/mol. The van der Waals surface area contributed by atoms with Crippen molar-refractivity contribution in [1.29, 1.82) is 0 Å². The molecule has 2 aromatic rings. The van der Waals surface area contributed by atoms with Crippen molar-refractivity contribution in [3.63, 3.8) is 0 Å². The average molecular weight is 292 g/mol. The first kappa shape index (κ1) is 12.6. The van der Waals surface area contributed by atoms with E-state index < -0.39 is 0 Å². The smallest absolute Gasteiger partial charge is 0.131 e. The Hall–Kier alpha value is -1.39. The number of benzene rings is 1. The van der Waals surface area contributed by atoms with E-state index in [9.17, 15) is 0 Å². The van der Waals surface area contributed by atoms with Crippen molar-refractivity contribution in [1.82, 2.24) is 9.97 Å². The fourth-order valence-electron chi connectivity index (χ4n) is 1.92. The van der Waals surface area contributed by atoms with E-state index in [1.54, 1.807) is 0 Å². The second-order valence-electron chi connectivity index (χ2n) is 4.77. The summed E-state index contributed by atoms with van der Waals surface area (Å²) < 4.78 is 0.638. The van der Waals surface area contributed by atoms with Crippen molar-refractivity contribution in [2.45, 2.75) is 25.3 Å². The molecule has 5 heteroatoms. The molecule has 2 N–H and O–H groups in total. The topological polar surface area (TPSA) is 40.7 Å². The van der Waals surface area contributed by atoms with Crippen LogP contribution in [-0.4, -0.2) is 9.97 Å². The predicted octanol–water partition coefficient (Wildman–Crippen LogP) is 4.28. The van der Waals surface area contributed by atoms with Gasteiger partial charge in [-0.15, -0.1) is 0 Å². The number of H-pyrrole nitrogens is 1. The largest absolute Gasteiger partial charge is 0.367 e. The maximum absolute atomic E-state index is 5.86. The lowest BCUT2D eigenvalue weighted by molar-refractivity contribution is 0.915. The van der Waals surface area contributed by atoms with E-state index in [1.807, 2.05) is 30.3 Å². The molecule has 98 valence electrons. The zero-order valence-electron chi connectivity index (χ0n) is 10.3. The molecule has 1 aromatic carbocycles. The van der Waals surface area contributed by atoms with Gasteiger partial charge in [0, 0.05) is 23.6 Å². The van der Waals surface area contributed by atoms with Crippen LogP contribution in [0.1, 0.15) is 30.1 Å². The highest BCUT2D eigenvalue weighted by Crippen LogP contribution is 2.38. The highest BCUT2D eigenvalue weighted by molar-refractivity contribution is 7.71. The molecule has 0 amide bonds. The number of aromatic nitrogens is 2. The molecule has 3 rings (SSSR count). The minimum absolute atomic E-state index is 0.569. The molecule has 1 aliphatic rings. The standard InChI is InChI=1S/C14H14ClN3S/c15-11-5-1-9(2-6-11)8-16-12-7-13(19)18-14(17-12)10-3-4-10/h1-2,5-7,10H,3-4,8H2,(H2,16,17,18,19). The lowest BCUT2D eigenvalue weighted by atomic mass is 10.2. The third-order valence-corrected chi connectivity index (χ3v) is 3.58. The first-order valence-corrected chi connectivity index (χ1v) is 7.09. The Morgan fingerprint density at radius 3 is 2.74 bits per heavy atom. The SMILES string of the molecule is S=c1cc(NCc2ccc(Cl)cc2)[nH]c(C2CC2)n1. The highest BCUT2D eigenvalue weighted by Gasteiger charge is 2.25. The molecule has 1 saturated carbocycles. The van der Waals surface area contributed by atoms with Crippen molar-refractivity contribution >= 4 is 29.6 Å². The van der Waals surface area contributed by atoms with Gasteiger partial charge in [0.05, 0.1) is 0 Å². The molecule has 0 saturated heterocycles. The maximum atomic E-state index is 5.86. The lowest BCUT2D eigenvalue weighted by Crippen LogP contribution is -2.04. The molecule has 1 aliphatic carbocycles. The molecule has 1 aromatic heterocycles. The van der Waals surface area contributed by atoms with Gasteiger partial charge in [-0.25, -0.2) is 4.98 Å². The summed E-state index contributed by atoms with van der Waals surface area (Å²) in [6.07, 6.45) is 2.41. The third kappa shape index (κ3) is 3.33. The van der Waals surface area contributed by atoms with Crippen molar-refractivity contribution in [2.24, 2.45) is 0 Å². The molecule has 19 heavy (non-hydrogen) atoms. The van der Waals surface area contributed by atoms with Gasteiger partial charge in [0.25, 0.3) is 0 Å². The summed E-state index contributed by atoms with van der Waals surface area (Å²) in [6, 6.07) is 9.66. The summed E-state index contributed by atoms with van der Waals surface area (Å²) in [4.78, 5) is 7.68. The summed E-state index contributed by atoms with van der Waals surface area (Å²) in [5.74, 6) is 2.50. The van der Waals surface area contributed by atoms with Gasteiger partial charge in [-0.3, -0.25) is 0 Å². The van der Waals surface area contributed by atoms with Crippen LogP contribution in [0.15, 0.2) is 30.3 Å². The minimum Gasteiger partial charge on any atom is -0.367 e. The number of rotatable bonds is 4. The number of nitrogens with one attached hydrogen (secondary N) is 2. The van der Waals surface area contributed by atoms with E-state index in [2.05, 4.69) is 15.3 Å². The van der Waals surface area contributed by atoms with Crippen molar-refractivity contribution in [2.75, 3.05) is 5.32 Å². The molecular weight excluding hydrogens is 278 g/mol. The van der Waals surface area contributed by atoms with Crippen LogP contribution in [0.25, 0.3) is 0 Å². The Balaban J connectivity index is 1.72. The van der Waals surface area contributed by atoms with Crippen molar-refractivity contribution in [3.8, 4) is 0 Å². The van der Waals surface area contributed by atoms with Gasteiger partial charge in [-0.05, 0) is 30.5 Å². The van der Waals surface area contributed by atoms with Crippen LogP contribution < -0.4 is 5.32 Å². The maximum Gasteiger partial charge on any atom is 0.131 e. The van der Waals surface area contributed by atoms with E-state index in [4.69, 9.17) is 23.8 Å². The van der Waals surface area contributed by atoms with Crippen LogP contribution in [0.5, 0.6) is 0 Å². The molecule has 3 nitrogen and oxygen atoms in total. The molecule has 1 fully saturated rings. The van der Waals surface area contributed by atoms with Gasteiger partial charge in [0.15, 0.2) is 0 Å². The van der Waals surface area contributed by atoms with Gasteiger partial charge in [-0.2, -0.15) is 0 Å². The number of hydrogen-bond donors (Lipinski definition) is 2. The monoisotopic (exact) mass is 291 g/mol. The van der Waals surface area contributed by atoms with E-state index in [0.717, 1.165) is 23.2 Å². The second kappa shape index (κ2) is 5.31. The molecule has 0 unspecified atom stereocenters. The number of aromatic amines is 1. The quantitative estimate of drug-likeness (QED) is 0.826. The molecule has 0 bridgehead atoms. The van der Waals surface area contributed by atoms with Crippen LogP contribution in [0, 0.1) is 4.64 Å². The molecule has 0 atom stereocenters. The lowest BCUT2D eigenvalue weighted by Gasteiger charge is -2.08. The molecule has 0 radical (unpaired) electrons. The van der Waals surface area contributed by atoms with Gasteiger partial charge >= 0.3 is 0 Å². The first-order valence-electron chi connectivity index (χ1n) is 6.30. The summed E-state index contributed by atoms with van der Waals surface area (Å²) in [5.41, 5.74) is 1.17. The van der Waals surface area contributed by atoms with Crippen LogP contribution >= 0.6 is 23.8 Å².